The molecule has 11 heteroatoms. The minimum atomic E-state index is -0.973. The number of rotatable bonds is 10. The molecule has 0 fully saturated rings. The van der Waals surface area contributed by atoms with Gasteiger partial charge in [-0.05, 0) is 25.3 Å². The number of esters is 2. The zero-order chi connectivity index (χ0) is 26.3. The first-order valence-electron chi connectivity index (χ1n) is 11.0. The third kappa shape index (κ3) is 6.44. The van der Waals surface area contributed by atoms with Gasteiger partial charge in [0.2, 0.25) is 0 Å². The fourth-order valence-electron chi connectivity index (χ4n) is 3.86. The van der Waals surface area contributed by atoms with Crippen LogP contribution in [-0.2, 0) is 28.6 Å². The molecule has 0 saturated carbocycles. The predicted octanol–water partition coefficient (Wildman–Crippen LogP) is 2.33. The molecule has 0 radical (unpaired) electrons. The average Bonchev–Trinajstić information content (AvgIpc) is 2.81. The number of ether oxygens (including phenoxy) is 3. The van der Waals surface area contributed by atoms with Crippen LogP contribution in [0.25, 0.3) is 0 Å². The van der Waals surface area contributed by atoms with Crippen LogP contribution in [0.3, 0.4) is 0 Å². The monoisotopic (exact) mass is 489 g/mol. The Hall–Kier alpha value is -3.73. The summed E-state index contributed by atoms with van der Waals surface area (Å²) >= 11 is 0. The highest BCUT2D eigenvalue weighted by molar-refractivity contribution is 6.03. The quantitative estimate of drug-likeness (QED) is 0.219. The van der Waals surface area contributed by atoms with Crippen LogP contribution in [0.1, 0.15) is 39.2 Å². The van der Waals surface area contributed by atoms with E-state index in [1.54, 1.807) is 33.8 Å². The summed E-state index contributed by atoms with van der Waals surface area (Å²) in [5, 5.41) is 17.1. The van der Waals surface area contributed by atoms with Gasteiger partial charge >= 0.3 is 11.9 Å². The van der Waals surface area contributed by atoms with E-state index in [0.29, 0.717) is 17.0 Å². The van der Waals surface area contributed by atoms with E-state index in [2.05, 4.69) is 10.6 Å². The summed E-state index contributed by atoms with van der Waals surface area (Å²) in [5.41, 5.74) is 1.30. The molecule has 0 aliphatic carbocycles. The van der Waals surface area contributed by atoms with Crippen LogP contribution in [0, 0.1) is 16.0 Å². The van der Waals surface area contributed by atoms with E-state index < -0.39 is 34.7 Å². The molecule has 2 atom stereocenters. The zero-order valence-electron chi connectivity index (χ0n) is 20.7. The smallest absolute Gasteiger partial charge is 0.336 e. The van der Waals surface area contributed by atoms with Crippen molar-refractivity contribution in [3.05, 3.63) is 62.5 Å². The number of hydrogen-bond donors (Lipinski definition) is 2. The lowest BCUT2D eigenvalue weighted by atomic mass is 9.79. The maximum Gasteiger partial charge on any atom is 0.336 e. The normalized spacial score (nSPS) is 16.5. The van der Waals surface area contributed by atoms with Crippen molar-refractivity contribution in [1.82, 2.24) is 10.6 Å². The number of allylic oxidation sites excluding steroid dienone is 2. The minimum absolute atomic E-state index is 0.0302. The number of nitro groups is 1. The second kappa shape index (κ2) is 12.1. The highest BCUT2D eigenvalue weighted by Crippen LogP contribution is 2.39. The van der Waals surface area contributed by atoms with Gasteiger partial charge in [-0.25, -0.2) is 9.59 Å². The van der Waals surface area contributed by atoms with Gasteiger partial charge in [0.15, 0.2) is 0 Å². The summed E-state index contributed by atoms with van der Waals surface area (Å²) in [7, 11) is 2.69. The molecule has 2 N–H and O–H groups in total. The number of nitrogens with one attached hydrogen (secondary N) is 2. The first-order valence-corrected chi connectivity index (χ1v) is 11.0. The standard InChI is InChI=1S/C24H31N3O8/c1-13(2)21(24(30)35-11-10-33-5)26-22(28)18-14(3)25-15(4)19(23(29)34-6)20(18)16-8-7-9-17(12-16)27(31)32/h7-9,12-13,20-21,25H,10-11H2,1-6H3,(H,26,28). The van der Waals surface area contributed by atoms with E-state index in [1.165, 1.54) is 32.4 Å². The Balaban J connectivity index is 2.54. The Labute approximate surface area is 203 Å². The second-order valence-electron chi connectivity index (χ2n) is 8.33. The highest BCUT2D eigenvalue weighted by atomic mass is 16.6. The van der Waals surface area contributed by atoms with Gasteiger partial charge in [0, 0.05) is 36.2 Å². The van der Waals surface area contributed by atoms with Crippen molar-refractivity contribution in [2.24, 2.45) is 5.92 Å². The number of dihydropyridines is 1. The van der Waals surface area contributed by atoms with Crippen molar-refractivity contribution < 1.29 is 33.5 Å². The molecule has 0 spiro atoms. The minimum Gasteiger partial charge on any atom is -0.466 e. The van der Waals surface area contributed by atoms with Crippen molar-refractivity contribution in [3.63, 3.8) is 0 Å². The van der Waals surface area contributed by atoms with E-state index in [-0.39, 0.29) is 36.0 Å². The Kier molecular flexibility index (Phi) is 9.52. The number of carbonyl (C=O) groups is 3. The van der Waals surface area contributed by atoms with Gasteiger partial charge in [-0.3, -0.25) is 14.9 Å². The molecule has 190 valence electrons. The van der Waals surface area contributed by atoms with Crippen LogP contribution < -0.4 is 10.6 Å². The van der Waals surface area contributed by atoms with Gasteiger partial charge < -0.3 is 24.8 Å². The fourth-order valence-corrected chi connectivity index (χ4v) is 3.86. The van der Waals surface area contributed by atoms with Gasteiger partial charge in [0.05, 0.1) is 30.1 Å². The van der Waals surface area contributed by atoms with E-state index in [1.807, 2.05) is 0 Å². The highest BCUT2D eigenvalue weighted by Gasteiger charge is 2.39. The molecule has 0 saturated heterocycles. The lowest BCUT2D eigenvalue weighted by Gasteiger charge is -2.32. The Morgan fingerprint density at radius 1 is 1.11 bits per heavy atom. The second-order valence-corrected chi connectivity index (χ2v) is 8.33. The fraction of sp³-hybridized carbons (Fsp3) is 0.458. The van der Waals surface area contributed by atoms with Crippen molar-refractivity contribution in [1.29, 1.82) is 0 Å². The number of carbonyl (C=O) groups excluding carboxylic acids is 3. The number of methoxy groups -OCH3 is 2. The van der Waals surface area contributed by atoms with Gasteiger partial charge in [-0.1, -0.05) is 26.0 Å². The molecule has 2 unspecified atom stereocenters. The molecule has 1 heterocycles. The number of non-ortho nitro benzene ring substituents is 1. The van der Waals surface area contributed by atoms with Gasteiger partial charge in [-0.2, -0.15) is 0 Å². The molecule has 1 aromatic carbocycles. The van der Waals surface area contributed by atoms with Gasteiger partial charge in [0.25, 0.3) is 11.6 Å². The number of amides is 1. The Bertz CT molecular complexity index is 1060. The summed E-state index contributed by atoms with van der Waals surface area (Å²) < 4.78 is 15.0. The molecule has 1 aliphatic rings. The topological polar surface area (TPSA) is 146 Å². The summed E-state index contributed by atoms with van der Waals surface area (Å²) in [5.74, 6) is -3.22. The Morgan fingerprint density at radius 2 is 1.77 bits per heavy atom. The van der Waals surface area contributed by atoms with Crippen LogP contribution in [0.2, 0.25) is 0 Å². The molecule has 0 bridgehead atoms. The molecular weight excluding hydrogens is 458 g/mol. The number of nitrogens with zero attached hydrogens (tertiary/aromatic N) is 1. The molecule has 1 amide bonds. The largest absolute Gasteiger partial charge is 0.466 e. The maximum atomic E-state index is 13.6. The van der Waals surface area contributed by atoms with Crippen LogP contribution in [-0.4, -0.2) is 56.2 Å². The molecule has 0 aromatic heterocycles. The summed E-state index contributed by atoms with van der Waals surface area (Å²) in [6, 6.07) is 4.73. The summed E-state index contributed by atoms with van der Waals surface area (Å²) in [6.45, 7) is 7.05. The molecular formula is C24H31N3O8. The lowest BCUT2D eigenvalue weighted by molar-refractivity contribution is -0.384. The van der Waals surface area contributed by atoms with Crippen LogP contribution in [0.5, 0.6) is 0 Å². The van der Waals surface area contributed by atoms with Crippen LogP contribution in [0.4, 0.5) is 5.69 Å². The first-order chi connectivity index (χ1) is 16.5. The van der Waals surface area contributed by atoms with E-state index in [0.717, 1.165) is 0 Å². The molecule has 2 rings (SSSR count). The van der Waals surface area contributed by atoms with Crippen molar-refractivity contribution in [3.8, 4) is 0 Å². The summed E-state index contributed by atoms with van der Waals surface area (Å²) in [6.07, 6.45) is 0. The molecule has 11 nitrogen and oxygen atoms in total. The molecule has 1 aliphatic heterocycles. The lowest BCUT2D eigenvalue weighted by Crippen LogP contribution is -2.47. The summed E-state index contributed by atoms with van der Waals surface area (Å²) in [4.78, 5) is 49.8. The SMILES string of the molecule is COCCOC(=O)C(NC(=O)C1=C(C)NC(C)=C(C(=O)OC)C1c1cccc([N+](=O)[O-])c1)C(C)C. The number of nitro benzene ring substituents is 1. The molecule has 1 aromatic rings. The predicted molar refractivity (Wildman–Crippen MR) is 126 cm³/mol. The number of hydrogen-bond acceptors (Lipinski definition) is 9. The number of benzene rings is 1. The first kappa shape index (κ1) is 27.5. The van der Waals surface area contributed by atoms with E-state index >= 15 is 0 Å². The Morgan fingerprint density at radius 3 is 2.34 bits per heavy atom. The zero-order valence-corrected chi connectivity index (χ0v) is 20.7. The van der Waals surface area contributed by atoms with Crippen molar-refractivity contribution in [2.75, 3.05) is 27.4 Å². The van der Waals surface area contributed by atoms with Gasteiger partial charge in [-0.15, -0.1) is 0 Å². The third-order valence-electron chi connectivity index (χ3n) is 5.56. The maximum absolute atomic E-state index is 13.6. The van der Waals surface area contributed by atoms with E-state index in [9.17, 15) is 24.5 Å². The average molecular weight is 490 g/mol. The van der Waals surface area contributed by atoms with Crippen molar-refractivity contribution >= 4 is 23.5 Å². The third-order valence-corrected chi connectivity index (χ3v) is 5.56. The van der Waals surface area contributed by atoms with Crippen molar-refractivity contribution in [2.45, 2.75) is 39.7 Å². The molecule has 35 heavy (non-hydrogen) atoms. The van der Waals surface area contributed by atoms with Gasteiger partial charge in [0.1, 0.15) is 12.6 Å². The van der Waals surface area contributed by atoms with E-state index in [4.69, 9.17) is 14.2 Å². The van der Waals surface area contributed by atoms with Crippen LogP contribution >= 0.6 is 0 Å². The van der Waals surface area contributed by atoms with Crippen LogP contribution in [0.15, 0.2) is 46.8 Å².